The molecule has 0 unspecified atom stereocenters. The summed E-state index contributed by atoms with van der Waals surface area (Å²) < 4.78 is 0. The molecule has 0 fully saturated rings. The van der Waals surface area contributed by atoms with E-state index in [0.29, 0.717) is 0 Å². The van der Waals surface area contributed by atoms with Crippen LogP contribution >= 0.6 is 0 Å². The summed E-state index contributed by atoms with van der Waals surface area (Å²) in [7, 11) is 0. The molecule has 2 heteroatoms. The van der Waals surface area contributed by atoms with E-state index in [0.717, 1.165) is 45.3 Å². The van der Waals surface area contributed by atoms with Crippen LogP contribution in [0.15, 0.2) is 194 Å². The molecule has 8 aromatic carbocycles. The highest BCUT2D eigenvalue weighted by Crippen LogP contribution is 2.40. The minimum Gasteiger partial charge on any atom is -0.310 e. The SMILES string of the molecule is Cc1ccc(/C=C/c2ccc(N(c3ccc(-c4ccc(N(c5ccc(/C=C/c6ccc(C)cc6)cc5)c5ccccc5C)cc4)cc3)c3ccccc3C)cc2)cc1. The predicted octanol–water partition coefficient (Wildman–Crippen LogP) is 15.9. The van der Waals surface area contributed by atoms with E-state index in [1.807, 2.05) is 0 Å². The van der Waals surface area contributed by atoms with Crippen LogP contribution < -0.4 is 9.80 Å². The molecule has 2 nitrogen and oxygen atoms in total. The highest BCUT2D eigenvalue weighted by molar-refractivity contribution is 5.83. The van der Waals surface area contributed by atoms with Crippen LogP contribution in [0.4, 0.5) is 34.1 Å². The Bertz CT molecular complexity index is 2460. The third kappa shape index (κ3) is 8.78. The standard InChI is InChI=1S/C56H48N2/c1-41-13-17-45(18-14-41)21-23-47-25-33-51(34-26-47)57(55-11-7-5-9-43(55)3)53-37-29-49(30-38-53)50-31-39-54(40-32-50)58(56-12-8-6-10-44(56)4)52-35-27-48(28-36-52)24-22-46-19-15-42(2)16-20-46/h5-40H,1-4H3/b23-21+,24-22+. The quantitative estimate of drug-likeness (QED) is 0.122. The number of hydrogen-bond acceptors (Lipinski definition) is 2. The fraction of sp³-hybridized carbons (Fsp3) is 0.0714. The lowest BCUT2D eigenvalue weighted by molar-refractivity contribution is 1.25. The highest BCUT2D eigenvalue weighted by Gasteiger charge is 2.17. The van der Waals surface area contributed by atoms with Gasteiger partial charge in [0.15, 0.2) is 0 Å². The second kappa shape index (κ2) is 17.3. The van der Waals surface area contributed by atoms with Crippen LogP contribution in [0.1, 0.15) is 44.5 Å². The van der Waals surface area contributed by atoms with Gasteiger partial charge in [-0.05, 0) is 133 Å². The van der Waals surface area contributed by atoms with Crippen LogP contribution in [0.5, 0.6) is 0 Å². The van der Waals surface area contributed by atoms with Crippen molar-refractivity contribution in [2.45, 2.75) is 27.7 Å². The minimum atomic E-state index is 1.11. The zero-order chi connectivity index (χ0) is 39.8. The first-order valence-corrected chi connectivity index (χ1v) is 20.0. The van der Waals surface area contributed by atoms with Gasteiger partial charge in [0.05, 0.1) is 0 Å². The largest absolute Gasteiger partial charge is 0.310 e. The van der Waals surface area contributed by atoms with E-state index >= 15 is 0 Å². The third-order valence-electron chi connectivity index (χ3n) is 10.7. The smallest absolute Gasteiger partial charge is 0.0490 e. The lowest BCUT2D eigenvalue weighted by atomic mass is 10.0. The van der Waals surface area contributed by atoms with Gasteiger partial charge < -0.3 is 9.80 Å². The zero-order valence-electron chi connectivity index (χ0n) is 33.7. The molecular formula is C56H48N2. The summed E-state index contributed by atoms with van der Waals surface area (Å²) >= 11 is 0. The number of nitrogens with zero attached hydrogens (tertiary/aromatic N) is 2. The van der Waals surface area contributed by atoms with Gasteiger partial charge in [-0.15, -0.1) is 0 Å². The molecule has 0 N–H and O–H groups in total. The monoisotopic (exact) mass is 748 g/mol. The van der Waals surface area contributed by atoms with Gasteiger partial charge in [0.25, 0.3) is 0 Å². The Morgan fingerprint density at radius 2 is 0.534 bits per heavy atom. The molecule has 0 heterocycles. The van der Waals surface area contributed by atoms with Crippen LogP contribution in [0.25, 0.3) is 35.4 Å². The van der Waals surface area contributed by atoms with E-state index < -0.39 is 0 Å². The third-order valence-corrected chi connectivity index (χ3v) is 10.7. The van der Waals surface area contributed by atoms with Crippen molar-refractivity contribution in [2.75, 3.05) is 9.80 Å². The van der Waals surface area contributed by atoms with Gasteiger partial charge in [-0.25, -0.2) is 0 Å². The molecule has 0 aliphatic carbocycles. The molecule has 58 heavy (non-hydrogen) atoms. The van der Waals surface area contributed by atoms with Crippen LogP contribution in [-0.4, -0.2) is 0 Å². The molecule has 0 aromatic heterocycles. The van der Waals surface area contributed by atoms with Crippen molar-refractivity contribution in [3.63, 3.8) is 0 Å². The van der Waals surface area contributed by atoms with Crippen molar-refractivity contribution in [1.29, 1.82) is 0 Å². The van der Waals surface area contributed by atoms with E-state index in [1.165, 1.54) is 44.5 Å². The van der Waals surface area contributed by atoms with E-state index in [1.54, 1.807) is 0 Å². The van der Waals surface area contributed by atoms with E-state index in [2.05, 4.69) is 256 Å². The predicted molar refractivity (Wildman–Crippen MR) is 251 cm³/mol. The summed E-state index contributed by atoms with van der Waals surface area (Å²) in [5, 5.41) is 0. The molecule has 0 radical (unpaired) electrons. The van der Waals surface area contributed by atoms with Gasteiger partial charge in [-0.2, -0.15) is 0 Å². The summed E-state index contributed by atoms with van der Waals surface area (Å²) in [5.41, 5.74) is 18.8. The van der Waals surface area contributed by atoms with E-state index in [-0.39, 0.29) is 0 Å². The summed E-state index contributed by atoms with van der Waals surface area (Å²) in [6.45, 7) is 8.59. The summed E-state index contributed by atoms with van der Waals surface area (Å²) in [5.74, 6) is 0. The topological polar surface area (TPSA) is 6.48 Å². The fourth-order valence-electron chi connectivity index (χ4n) is 7.30. The molecule has 0 saturated carbocycles. The number of anilines is 6. The van der Waals surface area contributed by atoms with Crippen LogP contribution in [0.3, 0.4) is 0 Å². The first-order chi connectivity index (χ1) is 28.4. The lowest BCUT2D eigenvalue weighted by Gasteiger charge is -2.28. The molecule has 0 bridgehead atoms. The van der Waals surface area contributed by atoms with Gasteiger partial charge in [0.1, 0.15) is 0 Å². The maximum Gasteiger partial charge on any atom is 0.0490 e. The molecule has 8 rings (SSSR count). The molecule has 0 amide bonds. The molecule has 0 atom stereocenters. The van der Waals surface area contributed by atoms with Crippen molar-refractivity contribution >= 4 is 58.4 Å². The van der Waals surface area contributed by atoms with E-state index in [9.17, 15) is 0 Å². The van der Waals surface area contributed by atoms with Crippen molar-refractivity contribution < 1.29 is 0 Å². The van der Waals surface area contributed by atoms with Crippen molar-refractivity contribution in [3.05, 3.63) is 239 Å². The van der Waals surface area contributed by atoms with Crippen LogP contribution in [0, 0.1) is 27.7 Å². The Hall–Kier alpha value is -7.16. The first kappa shape index (κ1) is 37.7. The van der Waals surface area contributed by atoms with Crippen molar-refractivity contribution in [2.24, 2.45) is 0 Å². The molecule has 0 saturated heterocycles. The van der Waals surface area contributed by atoms with Crippen LogP contribution in [0.2, 0.25) is 0 Å². The van der Waals surface area contributed by atoms with Gasteiger partial charge in [0.2, 0.25) is 0 Å². The Morgan fingerprint density at radius 3 is 0.828 bits per heavy atom. The highest BCUT2D eigenvalue weighted by atomic mass is 15.1. The lowest BCUT2D eigenvalue weighted by Crippen LogP contribution is -2.11. The normalized spacial score (nSPS) is 11.3. The molecule has 8 aromatic rings. The molecule has 0 aliphatic rings. The van der Waals surface area contributed by atoms with Gasteiger partial charge in [-0.3, -0.25) is 0 Å². The number of rotatable bonds is 11. The second-order valence-corrected chi connectivity index (χ2v) is 15.0. The number of benzene rings is 8. The molecule has 282 valence electrons. The second-order valence-electron chi connectivity index (χ2n) is 15.0. The zero-order valence-corrected chi connectivity index (χ0v) is 33.7. The Labute approximate surface area is 344 Å². The average Bonchev–Trinajstić information content (AvgIpc) is 3.26. The number of hydrogen-bond donors (Lipinski definition) is 0. The molecular weight excluding hydrogens is 701 g/mol. The summed E-state index contributed by atoms with van der Waals surface area (Å²) in [4.78, 5) is 4.69. The maximum atomic E-state index is 2.35. The van der Waals surface area contributed by atoms with Crippen molar-refractivity contribution in [1.82, 2.24) is 0 Å². The molecule has 0 spiro atoms. The number of aryl methyl sites for hydroxylation is 4. The maximum absolute atomic E-state index is 2.35. The minimum absolute atomic E-state index is 1.11. The van der Waals surface area contributed by atoms with Gasteiger partial charge in [-0.1, -0.05) is 169 Å². The fourth-order valence-corrected chi connectivity index (χ4v) is 7.30. The van der Waals surface area contributed by atoms with E-state index in [4.69, 9.17) is 0 Å². The first-order valence-electron chi connectivity index (χ1n) is 20.0. The summed E-state index contributed by atoms with van der Waals surface area (Å²) in [6, 6.07) is 69.9. The number of para-hydroxylation sites is 2. The summed E-state index contributed by atoms with van der Waals surface area (Å²) in [6.07, 6.45) is 8.69. The Morgan fingerprint density at radius 1 is 0.276 bits per heavy atom. The van der Waals surface area contributed by atoms with Gasteiger partial charge in [0, 0.05) is 34.1 Å². The van der Waals surface area contributed by atoms with Crippen LogP contribution in [-0.2, 0) is 0 Å². The Kier molecular flexibility index (Phi) is 11.3. The van der Waals surface area contributed by atoms with Crippen molar-refractivity contribution in [3.8, 4) is 11.1 Å². The average molecular weight is 749 g/mol. The molecule has 0 aliphatic heterocycles. The van der Waals surface area contributed by atoms with Gasteiger partial charge >= 0.3 is 0 Å². The Balaban J connectivity index is 1.05.